The number of nitrogen functional groups attached to an aromatic ring is 1. The maximum atomic E-state index is 12.6. The Morgan fingerprint density at radius 3 is 2.61 bits per heavy atom. The van der Waals surface area contributed by atoms with Gasteiger partial charge in [-0.15, -0.1) is 0 Å². The minimum absolute atomic E-state index is 0.161. The second-order valence-corrected chi connectivity index (χ2v) is 8.26. The molecule has 0 spiro atoms. The average Bonchev–Trinajstić information content (AvgIpc) is 3.17. The maximum Gasteiger partial charge on any atom is 0.356 e. The van der Waals surface area contributed by atoms with Crippen LogP contribution in [0.4, 0.5) is 5.82 Å². The number of aliphatic hydroxyl groups is 2. The number of rotatable bonds is 8. The standard InChI is InChI=1S/C15H24N5O7P/c1-4-25-28(23,26-5-2)8-24-15(3)11(22)10(21)14(27-15)20-7-19-9-12(16)17-6-18-13(9)20/h6-7,10-11,14,21-22H,4-5,8H2,1-3H3,(H2,16,17,18)/t10-,11+,14-,15+/m1/s1. The summed E-state index contributed by atoms with van der Waals surface area (Å²) in [5.41, 5.74) is 6.43. The van der Waals surface area contributed by atoms with E-state index in [0.717, 1.165) is 0 Å². The smallest absolute Gasteiger partial charge is 0.356 e. The lowest BCUT2D eigenvalue weighted by molar-refractivity contribution is -0.247. The molecule has 0 bridgehead atoms. The van der Waals surface area contributed by atoms with Crippen molar-refractivity contribution in [2.24, 2.45) is 0 Å². The highest BCUT2D eigenvalue weighted by Gasteiger charge is 2.54. The molecule has 0 aliphatic carbocycles. The molecule has 0 amide bonds. The molecule has 12 nitrogen and oxygen atoms in total. The molecule has 2 aromatic rings. The summed E-state index contributed by atoms with van der Waals surface area (Å²) in [6.45, 7) is 5.09. The molecule has 0 aromatic carbocycles. The summed E-state index contributed by atoms with van der Waals surface area (Å²) in [5.74, 6) is -1.51. The van der Waals surface area contributed by atoms with Gasteiger partial charge in [-0.25, -0.2) is 15.0 Å². The molecule has 1 fully saturated rings. The van der Waals surface area contributed by atoms with E-state index in [9.17, 15) is 14.8 Å². The van der Waals surface area contributed by atoms with Crippen molar-refractivity contribution in [1.82, 2.24) is 19.5 Å². The number of imidazole rings is 1. The van der Waals surface area contributed by atoms with Gasteiger partial charge >= 0.3 is 7.60 Å². The Labute approximate surface area is 161 Å². The second kappa shape index (κ2) is 7.99. The SMILES string of the molecule is CCOP(=O)(CO[C@@]1(C)O[C@@H](n2cnc3c(N)ncnc32)[C@H](O)[C@@H]1O)OCC. The van der Waals surface area contributed by atoms with Gasteiger partial charge in [-0.3, -0.25) is 9.13 Å². The Bertz CT molecular complexity index is 870. The molecule has 156 valence electrons. The van der Waals surface area contributed by atoms with Gasteiger partial charge in [0, 0.05) is 0 Å². The number of nitrogens with two attached hydrogens (primary N) is 1. The third-order valence-corrected chi connectivity index (χ3v) is 6.08. The molecule has 0 saturated carbocycles. The molecule has 28 heavy (non-hydrogen) atoms. The van der Waals surface area contributed by atoms with Crippen molar-refractivity contribution in [1.29, 1.82) is 0 Å². The molecule has 2 aromatic heterocycles. The Morgan fingerprint density at radius 1 is 1.29 bits per heavy atom. The number of hydrogen-bond acceptors (Lipinski definition) is 11. The van der Waals surface area contributed by atoms with E-state index in [0.29, 0.717) is 11.2 Å². The van der Waals surface area contributed by atoms with Gasteiger partial charge in [0.2, 0.25) is 0 Å². The van der Waals surface area contributed by atoms with Crippen LogP contribution in [0.25, 0.3) is 11.2 Å². The Kier molecular flexibility index (Phi) is 6.01. The molecule has 13 heteroatoms. The topological polar surface area (TPSA) is 164 Å². The number of hydrogen-bond donors (Lipinski definition) is 3. The monoisotopic (exact) mass is 417 g/mol. The molecule has 1 aliphatic heterocycles. The van der Waals surface area contributed by atoms with Gasteiger partial charge in [-0.1, -0.05) is 0 Å². The number of fused-ring (bicyclic) bond motifs is 1. The predicted octanol–water partition coefficient (Wildman–Crippen LogP) is 0.615. The van der Waals surface area contributed by atoms with E-state index in [-0.39, 0.29) is 19.0 Å². The van der Waals surface area contributed by atoms with E-state index in [1.807, 2.05) is 0 Å². The van der Waals surface area contributed by atoms with E-state index in [4.69, 9.17) is 24.3 Å². The number of aromatic nitrogens is 4. The number of nitrogens with zero attached hydrogens (tertiary/aromatic N) is 4. The van der Waals surface area contributed by atoms with Crippen molar-refractivity contribution in [3.05, 3.63) is 12.7 Å². The molecule has 4 atom stereocenters. The molecular weight excluding hydrogens is 393 g/mol. The molecule has 3 rings (SSSR count). The van der Waals surface area contributed by atoms with Gasteiger partial charge in [0.1, 0.15) is 24.1 Å². The first-order valence-electron chi connectivity index (χ1n) is 8.73. The fourth-order valence-corrected chi connectivity index (χ4v) is 4.38. The average molecular weight is 417 g/mol. The maximum absolute atomic E-state index is 12.6. The van der Waals surface area contributed by atoms with Crippen LogP contribution in [0.5, 0.6) is 0 Å². The summed E-state index contributed by atoms with van der Waals surface area (Å²) in [6.07, 6.45) is -1.74. The van der Waals surface area contributed by atoms with Gasteiger partial charge in [0.05, 0.1) is 19.5 Å². The van der Waals surface area contributed by atoms with Crippen LogP contribution in [0.15, 0.2) is 12.7 Å². The summed E-state index contributed by atoms with van der Waals surface area (Å²) in [5, 5.41) is 21.0. The zero-order chi connectivity index (χ0) is 20.5. The van der Waals surface area contributed by atoms with Crippen LogP contribution >= 0.6 is 7.60 Å². The Hall–Kier alpha value is -1.66. The predicted molar refractivity (Wildman–Crippen MR) is 97.1 cm³/mol. The van der Waals surface area contributed by atoms with Gasteiger partial charge in [-0.2, -0.15) is 0 Å². The van der Waals surface area contributed by atoms with Crippen molar-refractivity contribution in [2.45, 2.75) is 45.0 Å². The number of anilines is 1. The lowest BCUT2D eigenvalue weighted by Gasteiger charge is -2.29. The molecular formula is C15H24N5O7P. The zero-order valence-electron chi connectivity index (χ0n) is 15.8. The molecule has 1 aliphatic rings. The van der Waals surface area contributed by atoms with Gasteiger partial charge in [0.15, 0.2) is 29.8 Å². The molecule has 3 heterocycles. The molecule has 0 unspecified atom stereocenters. The largest absolute Gasteiger partial charge is 0.385 e. The fourth-order valence-electron chi connectivity index (χ4n) is 2.95. The molecule has 1 saturated heterocycles. The third kappa shape index (κ3) is 3.77. The van der Waals surface area contributed by atoms with Crippen LogP contribution in [-0.4, -0.2) is 67.3 Å². The van der Waals surface area contributed by atoms with E-state index in [2.05, 4.69) is 15.0 Å². The van der Waals surface area contributed by atoms with Crippen LogP contribution < -0.4 is 5.73 Å². The van der Waals surface area contributed by atoms with Gasteiger partial charge in [0.25, 0.3) is 0 Å². The summed E-state index contributed by atoms with van der Waals surface area (Å²) in [6, 6.07) is 0. The first kappa shape index (κ1) is 21.1. The Morgan fingerprint density at radius 2 is 1.96 bits per heavy atom. The van der Waals surface area contributed by atoms with Gasteiger partial charge < -0.3 is 34.5 Å². The quantitative estimate of drug-likeness (QED) is 0.516. The van der Waals surface area contributed by atoms with Crippen molar-refractivity contribution >= 4 is 24.6 Å². The summed E-state index contributed by atoms with van der Waals surface area (Å²) in [7, 11) is -3.54. The Balaban J connectivity index is 1.82. The van der Waals surface area contributed by atoms with Crippen LogP contribution in [0.3, 0.4) is 0 Å². The summed E-state index contributed by atoms with van der Waals surface area (Å²) >= 11 is 0. The second-order valence-electron chi connectivity index (χ2n) is 6.26. The van der Waals surface area contributed by atoms with Crippen molar-refractivity contribution in [2.75, 3.05) is 25.3 Å². The first-order valence-corrected chi connectivity index (χ1v) is 10.5. The van der Waals surface area contributed by atoms with E-state index in [1.54, 1.807) is 13.8 Å². The number of aliphatic hydroxyl groups excluding tert-OH is 2. The van der Waals surface area contributed by atoms with E-state index < -0.39 is 38.2 Å². The van der Waals surface area contributed by atoms with Crippen LogP contribution in [0.2, 0.25) is 0 Å². The van der Waals surface area contributed by atoms with Crippen LogP contribution in [0.1, 0.15) is 27.0 Å². The molecule has 0 radical (unpaired) electrons. The highest BCUT2D eigenvalue weighted by Crippen LogP contribution is 2.50. The van der Waals surface area contributed by atoms with E-state index >= 15 is 0 Å². The summed E-state index contributed by atoms with van der Waals surface area (Å²) < 4.78 is 35.7. The van der Waals surface area contributed by atoms with Gasteiger partial charge in [-0.05, 0) is 20.8 Å². The van der Waals surface area contributed by atoms with Crippen LogP contribution in [-0.2, 0) is 23.1 Å². The van der Waals surface area contributed by atoms with Crippen molar-refractivity contribution in [3.63, 3.8) is 0 Å². The third-order valence-electron chi connectivity index (χ3n) is 4.33. The highest BCUT2D eigenvalue weighted by molar-refractivity contribution is 7.53. The van der Waals surface area contributed by atoms with Crippen molar-refractivity contribution in [3.8, 4) is 0 Å². The highest BCUT2D eigenvalue weighted by atomic mass is 31.2. The minimum Gasteiger partial charge on any atom is -0.385 e. The van der Waals surface area contributed by atoms with Crippen molar-refractivity contribution < 1.29 is 33.3 Å². The minimum atomic E-state index is -3.54. The first-order chi connectivity index (χ1) is 13.2. The normalized spacial score (nSPS) is 28.2. The fraction of sp³-hybridized carbons (Fsp3) is 0.667. The van der Waals surface area contributed by atoms with E-state index in [1.165, 1.54) is 24.1 Å². The summed E-state index contributed by atoms with van der Waals surface area (Å²) in [4.78, 5) is 12.1. The lowest BCUT2D eigenvalue weighted by atomic mass is 10.1. The van der Waals surface area contributed by atoms with Crippen LogP contribution in [0, 0.1) is 0 Å². The lowest BCUT2D eigenvalue weighted by Crippen LogP contribution is -2.43. The zero-order valence-corrected chi connectivity index (χ0v) is 16.7. The number of ether oxygens (including phenoxy) is 2. The molecule has 4 N–H and O–H groups in total.